The smallest absolute Gasteiger partial charge is 0.336 e. The van der Waals surface area contributed by atoms with Crippen LogP contribution in [-0.4, -0.2) is 136 Å². The van der Waals surface area contributed by atoms with E-state index in [-0.39, 0.29) is 75.7 Å². The summed E-state index contributed by atoms with van der Waals surface area (Å²) >= 11 is 0. The van der Waals surface area contributed by atoms with Gasteiger partial charge in [0.15, 0.2) is 0 Å². The van der Waals surface area contributed by atoms with Crippen molar-refractivity contribution < 1.29 is 44.7 Å². The monoisotopic (exact) mass is 560 g/mol. The van der Waals surface area contributed by atoms with Crippen LogP contribution >= 0.6 is 0 Å². The predicted octanol–water partition coefficient (Wildman–Crippen LogP) is -1.07. The van der Waals surface area contributed by atoms with Crippen LogP contribution < -0.4 is 5.32 Å². The van der Waals surface area contributed by atoms with E-state index < -0.39 is 11.9 Å². The molecule has 2 aromatic rings. The topological polar surface area (TPSA) is 191 Å². The Morgan fingerprint density at radius 2 is 1.20 bits per heavy atom. The van der Waals surface area contributed by atoms with Crippen LogP contribution in [0.2, 0.25) is 0 Å². The first-order valence-corrected chi connectivity index (χ1v) is 12.7. The van der Waals surface area contributed by atoms with E-state index in [1.54, 1.807) is 40.1 Å². The van der Waals surface area contributed by atoms with Gasteiger partial charge in [0.2, 0.25) is 0 Å². The lowest BCUT2D eigenvalue weighted by Gasteiger charge is -2.22. The minimum absolute atomic E-state index is 0.0478. The second-order valence-electron chi connectivity index (χ2n) is 8.69. The zero-order chi connectivity index (χ0) is 29.5. The average Bonchev–Trinajstić information content (AvgIpc) is 3.20. The van der Waals surface area contributed by atoms with Gasteiger partial charge in [0.25, 0.3) is 17.7 Å². The molecule has 13 nitrogen and oxygen atoms in total. The first kappa shape index (κ1) is 32.5. The molecule has 0 bridgehead atoms. The van der Waals surface area contributed by atoms with Gasteiger partial charge in [0, 0.05) is 45.8 Å². The molecule has 3 rings (SSSR count). The zero-order valence-electron chi connectivity index (χ0n) is 22.1. The number of carbonyl (C=O) groups excluding carboxylic acids is 3. The Balaban J connectivity index is 0.000000478. The van der Waals surface area contributed by atoms with Crippen LogP contribution in [0.25, 0.3) is 0 Å². The molecule has 1 heterocycles. The molecular weight excluding hydrogens is 524 g/mol. The fraction of sp³-hybridized carbons (Fsp3) is 0.407. The van der Waals surface area contributed by atoms with Crippen molar-refractivity contribution in [2.45, 2.75) is 0 Å². The third-order valence-corrected chi connectivity index (χ3v) is 6.08. The van der Waals surface area contributed by atoms with Gasteiger partial charge in [-0.3, -0.25) is 29.1 Å². The lowest BCUT2D eigenvalue weighted by molar-refractivity contribution is 0.0583. The Hall–Kier alpha value is -3.72. The quantitative estimate of drug-likeness (QED) is 0.115. The number of hydrogen-bond donors (Lipinski definition) is 6. The molecule has 0 fully saturated rings. The molecular formula is C27H36N4O9. The molecule has 0 aliphatic carbocycles. The largest absolute Gasteiger partial charge is 0.478 e. The number of amides is 3. The van der Waals surface area contributed by atoms with Crippen LogP contribution in [0.1, 0.15) is 41.4 Å². The lowest BCUT2D eigenvalue weighted by Crippen LogP contribution is -2.41. The molecule has 1 aliphatic heterocycles. The Kier molecular flexibility index (Phi) is 13.9. The van der Waals surface area contributed by atoms with Crippen molar-refractivity contribution in [3.63, 3.8) is 0 Å². The summed E-state index contributed by atoms with van der Waals surface area (Å²) in [7, 11) is 0. The third kappa shape index (κ3) is 9.19. The summed E-state index contributed by atoms with van der Waals surface area (Å²) in [5.74, 6) is -2.47. The summed E-state index contributed by atoms with van der Waals surface area (Å²) in [5, 5.41) is 46.8. The van der Waals surface area contributed by atoms with Crippen molar-refractivity contribution in [2.75, 3.05) is 72.4 Å². The standard InChI is InChI=1S/C21H21N3O6.C6H15NO3/c25-13-23(10-9-22-18(26)14-5-1-4-8-17(14)21(29)30)11-12-24-19(27)15-6-2-3-7-16(15)20(24)28;8-4-1-7(2-5-9)3-6-10/h1-8,25H,9-13H2,(H,22,26)(H,29,30);8-10H,1-6H2. The van der Waals surface area contributed by atoms with Crippen molar-refractivity contribution in [3.8, 4) is 0 Å². The lowest BCUT2D eigenvalue weighted by atomic mass is 10.1. The molecule has 13 heteroatoms. The van der Waals surface area contributed by atoms with E-state index in [0.717, 1.165) is 4.90 Å². The van der Waals surface area contributed by atoms with Crippen molar-refractivity contribution in [3.05, 3.63) is 70.8 Å². The number of aliphatic hydroxyl groups is 4. The normalized spacial score (nSPS) is 12.4. The highest BCUT2D eigenvalue weighted by Gasteiger charge is 2.34. The van der Waals surface area contributed by atoms with Crippen LogP contribution in [0.3, 0.4) is 0 Å². The van der Waals surface area contributed by atoms with Gasteiger partial charge in [-0.2, -0.15) is 0 Å². The van der Waals surface area contributed by atoms with E-state index in [9.17, 15) is 24.3 Å². The summed E-state index contributed by atoms with van der Waals surface area (Å²) in [5.41, 5.74) is 0.677. The van der Waals surface area contributed by atoms with Gasteiger partial charge in [-0.15, -0.1) is 0 Å². The molecule has 0 saturated heterocycles. The number of carbonyl (C=O) groups is 4. The number of nitrogens with zero attached hydrogens (tertiary/aromatic N) is 3. The average molecular weight is 561 g/mol. The molecule has 1 aliphatic rings. The highest BCUT2D eigenvalue weighted by molar-refractivity contribution is 6.21. The van der Waals surface area contributed by atoms with Crippen LogP contribution in [0.4, 0.5) is 0 Å². The number of aromatic carboxylic acids is 1. The molecule has 0 unspecified atom stereocenters. The Morgan fingerprint density at radius 1 is 0.700 bits per heavy atom. The molecule has 0 aromatic heterocycles. The first-order chi connectivity index (χ1) is 19.3. The molecule has 0 atom stereocenters. The maximum atomic E-state index is 12.4. The van der Waals surface area contributed by atoms with Crippen molar-refractivity contribution in [1.29, 1.82) is 0 Å². The van der Waals surface area contributed by atoms with Crippen molar-refractivity contribution in [1.82, 2.24) is 20.0 Å². The fourth-order valence-electron chi connectivity index (χ4n) is 3.99. The second-order valence-corrected chi connectivity index (χ2v) is 8.69. The van der Waals surface area contributed by atoms with Crippen LogP contribution in [0.5, 0.6) is 0 Å². The van der Waals surface area contributed by atoms with E-state index in [0.29, 0.717) is 30.8 Å². The predicted molar refractivity (Wildman–Crippen MR) is 144 cm³/mol. The number of aliphatic hydroxyl groups excluding tert-OH is 4. The molecule has 40 heavy (non-hydrogen) atoms. The van der Waals surface area contributed by atoms with Gasteiger partial charge in [0.05, 0.1) is 48.8 Å². The molecule has 218 valence electrons. The number of benzene rings is 2. The zero-order valence-corrected chi connectivity index (χ0v) is 22.1. The number of imide groups is 1. The summed E-state index contributed by atoms with van der Waals surface area (Å²) < 4.78 is 0. The molecule has 3 amide bonds. The number of nitrogens with one attached hydrogen (secondary N) is 1. The third-order valence-electron chi connectivity index (χ3n) is 6.08. The maximum Gasteiger partial charge on any atom is 0.336 e. The fourth-order valence-corrected chi connectivity index (χ4v) is 3.99. The van der Waals surface area contributed by atoms with Gasteiger partial charge in [-0.25, -0.2) is 4.79 Å². The molecule has 0 radical (unpaired) electrons. The number of carboxylic acids is 1. The second kappa shape index (κ2) is 17.1. The summed E-state index contributed by atoms with van der Waals surface area (Å²) in [6.45, 7) is 2.15. The summed E-state index contributed by atoms with van der Waals surface area (Å²) in [6.07, 6.45) is 0. The Morgan fingerprint density at radius 3 is 1.68 bits per heavy atom. The van der Waals surface area contributed by atoms with E-state index in [2.05, 4.69) is 5.32 Å². The van der Waals surface area contributed by atoms with Crippen LogP contribution in [0, 0.1) is 0 Å². The van der Waals surface area contributed by atoms with E-state index in [1.165, 1.54) is 18.2 Å². The summed E-state index contributed by atoms with van der Waals surface area (Å²) in [6, 6.07) is 12.5. The summed E-state index contributed by atoms with van der Waals surface area (Å²) in [4.78, 5) is 52.7. The molecule has 2 aromatic carbocycles. The van der Waals surface area contributed by atoms with Gasteiger partial charge in [-0.05, 0) is 24.3 Å². The molecule has 0 saturated carbocycles. The SMILES string of the molecule is O=C(O)c1ccccc1C(=O)NCCN(CO)CCN1C(=O)c2ccccc2C1=O.OCCN(CCO)CCO. The molecule has 6 N–H and O–H groups in total. The van der Waals surface area contributed by atoms with Crippen molar-refractivity contribution in [2.24, 2.45) is 0 Å². The van der Waals surface area contributed by atoms with Gasteiger partial charge in [-0.1, -0.05) is 24.3 Å². The number of fused-ring (bicyclic) bond motifs is 1. The van der Waals surface area contributed by atoms with E-state index >= 15 is 0 Å². The van der Waals surface area contributed by atoms with E-state index in [4.69, 9.17) is 20.4 Å². The van der Waals surface area contributed by atoms with Crippen molar-refractivity contribution >= 4 is 23.7 Å². The number of hydrogen-bond acceptors (Lipinski definition) is 10. The minimum atomic E-state index is -1.20. The van der Waals surface area contributed by atoms with E-state index in [1.807, 2.05) is 0 Å². The van der Waals surface area contributed by atoms with Crippen LogP contribution in [0.15, 0.2) is 48.5 Å². The maximum absolute atomic E-state index is 12.4. The minimum Gasteiger partial charge on any atom is -0.478 e. The molecule has 0 spiro atoms. The number of rotatable bonds is 15. The Labute approximate surface area is 231 Å². The first-order valence-electron chi connectivity index (χ1n) is 12.7. The highest BCUT2D eigenvalue weighted by atomic mass is 16.4. The highest BCUT2D eigenvalue weighted by Crippen LogP contribution is 2.22. The Bertz CT molecular complexity index is 1100. The van der Waals surface area contributed by atoms with Gasteiger partial charge in [0.1, 0.15) is 0 Å². The van der Waals surface area contributed by atoms with Gasteiger partial charge >= 0.3 is 5.97 Å². The van der Waals surface area contributed by atoms with Gasteiger partial charge < -0.3 is 30.8 Å². The van der Waals surface area contributed by atoms with Crippen LogP contribution in [-0.2, 0) is 0 Å². The number of carboxylic acid groups (broad SMARTS) is 1.